The van der Waals surface area contributed by atoms with Crippen LogP contribution >= 0.6 is 11.8 Å². The van der Waals surface area contributed by atoms with Crippen LogP contribution in [-0.2, 0) is 14.8 Å². The molecule has 3 heterocycles. The predicted octanol–water partition coefficient (Wildman–Crippen LogP) is 1.82. The Morgan fingerprint density at radius 1 is 1.19 bits per heavy atom. The minimum Gasteiger partial charge on any atom is -0.326 e. The van der Waals surface area contributed by atoms with Crippen LogP contribution in [0.3, 0.4) is 0 Å². The molecule has 162 valence electrons. The lowest BCUT2D eigenvalue weighted by Gasteiger charge is -2.30. The first-order valence-corrected chi connectivity index (χ1v) is 12.3. The summed E-state index contributed by atoms with van der Waals surface area (Å²) in [6.45, 7) is 0.578. The second-order valence-electron chi connectivity index (χ2n) is 6.98. The highest BCUT2D eigenvalue weighted by molar-refractivity contribution is 7.98. The van der Waals surface area contributed by atoms with Gasteiger partial charge in [-0.25, -0.2) is 8.42 Å². The Morgan fingerprint density at radius 3 is 2.71 bits per heavy atom. The first-order valence-electron chi connectivity index (χ1n) is 9.63. The van der Waals surface area contributed by atoms with E-state index < -0.39 is 10.0 Å². The summed E-state index contributed by atoms with van der Waals surface area (Å²) in [6, 6.07) is 10.4. The summed E-state index contributed by atoms with van der Waals surface area (Å²) in [5, 5.41) is 15.2. The quantitative estimate of drug-likeness (QED) is 0.554. The fraction of sp³-hybridized carbons (Fsp3) is 0.316. The van der Waals surface area contributed by atoms with Crippen molar-refractivity contribution in [3.05, 3.63) is 48.8 Å². The molecule has 1 aromatic carbocycles. The summed E-state index contributed by atoms with van der Waals surface area (Å²) in [7, 11) is -3.59. The van der Waals surface area contributed by atoms with Crippen LogP contribution < -0.4 is 5.32 Å². The molecule has 0 spiro atoms. The Hall–Kier alpha value is -2.83. The number of tetrazole rings is 1. The fourth-order valence-corrected chi connectivity index (χ4v) is 5.30. The van der Waals surface area contributed by atoms with E-state index >= 15 is 0 Å². The number of amides is 1. The van der Waals surface area contributed by atoms with Gasteiger partial charge in [-0.05, 0) is 59.9 Å². The Kier molecular flexibility index (Phi) is 6.30. The SMILES string of the molecule is CSc1nnnn1-c1cccc(NC(=O)C2CCN(S(=O)(=O)c3cccnc3)CC2)c1. The number of hydrogen-bond donors (Lipinski definition) is 1. The van der Waals surface area contributed by atoms with Crippen molar-refractivity contribution in [3.63, 3.8) is 0 Å². The predicted molar refractivity (Wildman–Crippen MR) is 115 cm³/mol. The van der Waals surface area contributed by atoms with Gasteiger partial charge in [0.05, 0.1) is 5.69 Å². The molecule has 31 heavy (non-hydrogen) atoms. The van der Waals surface area contributed by atoms with E-state index in [2.05, 4.69) is 25.8 Å². The van der Waals surface area contributed by atoms with Gasteiger partial charge in [0.15, 0.2) is 0 Å². The number of hydrogen-bond acceptors (Lipinski definition) is 8. The molecule has 10 nitrogen and oxygen atoms in total. The van der Waals surface area contributed by atoms with E-state index in [0.717, 1.165) is 5.69 Å². The van der Waals surface area contributed by atoms with Crippen LogP contribution in [0.25, 0.3) is 5.69 Å². The van der Waals surface area contributed by atoms with Gasteiger partial charge in [0.1, 0.15) is 4.90 Å². The topological polar surface area (TPSA) is 123 Å². The summed E-state index contributed by atoms with van der Waals surface area (Å²) in [5.41, 5.74) is 1.37. The summed E-state index contributed by atoms with van der Waals surface area (Å²) in [6.07, 6.45) is 5.66. The Labute approximate surface area is 184 Å². The molecule has 0 bridgehead atoms. The zero-order valence-corrected chi connectivity index (χ0v) is 18.4. The molecule has 0 unspecified atom stereocenters. The molecular formula is C19H21N7O3S2. The molecule has 1 aliphatic rings. The van der Waals surface area contributed by atoms with Crippen LogP contribution in [0.15, 0.2) is 58.8 Å². The zero-order chi connectivity index (χ0) is 21.8. The van der Waals surface area contributed by atoms with Crippen molar-refractivity contribution >= 4 is 33.4 Å². The van der Waals surface area contributed by atoms with Gasteiger partial charge in [-0.15, -0.1) is 5.10 Å². The van der Waals surface area contributed by atoms with Crippen molar-refractivity contribution in [2.45, 2.75) is 22.9 Å². The molecule has 12 heteroatoms. The molecule has 1 fully saturated rings. The molecule has 3 aromatic rings. The number of piperidine rings is 1. The number of aromatic nitrogens is 5. The normalized spacial score (nSPS) is 15.6. The van der Waals surface area contributed by atoms with Gasteiger partial charge in [-0.3, -0.25) is 9.78 Å². The lowest BCUT2D eigenvalue weighted by molar-refractivity contribution is -0.120. The number of carbonyl (C=O) groups is 1. The standard InChI is InChI=1S/C19H21N7O3S2/c1-30-19-22-23-24-26(19)16-5-2-4-15(12-16)21-18(27)14-7-10-25(11-8-14)31(28,29)17-6-3-9-20-13-17/h2-6,9,12-14H,7-8,10-11H2,1H3,(H,21,27). The number of anilines is 1. The smallest absolute Gasteiger partial charge is 0.244 e. The first-order chi connectivity index (χ1) is 15.0. The molecule has 0 saturated carbocycles. The largest absolute Gasteiger partial charge is 0.326 e. The first kappa shape index (κ1) is 21.4. The van der Waals surface area contributed by atoms with E-state index in [0.29, 0.717) is 23.7 Å². The third kappa shape index (κ3) is 4.60. The molecule has 1 amide bonds. The minimum atomic E-state index is -3.59. The third-order valence-corrected chi connectivity index (χ3v) is 7.58. The zero-order valence-electron chi connectivity index (χ0n) is 16.7. The lowest BCUT2D eigenvalue weighted by Crippen LogP contribution is -2.41. The number of benzene rings is 1. The van der Waals surface area contributed by atoms with E-state index in [9.17, 15) is 13.2 Å². The molecule has 0 atom stereocenters. The lowest BCUT2D eigenvalue weighted by atomic mass is 9.97. The Bertz CT molecular complexity index is 1160. The number of rotatable bonds is 6. The fourth-order valence-electron chi connectivity index (χ4n) is 3.44. The van der Waals surface area contributed by atoms with Crippen LogP contribution in [0.4, 0.5) is 5.69 Å². The summed E-state index contributed by atoms with van der Waals surface area (Å²) < 4.78 is 28.5. The molecule has 0 radical (unpaired) electrons. The number of carbonyl (C=O) groups excluding carboxylic acids is 1. The molecule has 0 aliphatic carbocycles. The van der Waals surface area contributed by atoms with Crippen molar-refractivity contribution < 1.29 is 13.2 Å². The summed E-state index contributed by atoms with van der Waals surface area (Å²) in [4.78, 5) is 16.8. The Balaban J connectivity index is 1.39. The van der Waals surface area contributed by atoms with Crippen molar-refractivity contribution in [2.75, 3.05) is 24.7 Å². The van der Waals surface area contributed by atoms with Crippen LogP contribution in [0.2, 0.25) is 0 Å². The third-order valence-electron chi connectivity index (χ3n) is 5.08. The average molecular weight is 460 g/mol. The monoisotopic (exact) mass is 459 g/mol. The van der Waals surface area contributed by atoms with Gasteiger partial charge in [-0.1, -0.05) is 17.8 Å². The molecule has 4 rings (SSSR count). The van der Waals surface area contributed by atoms with Crippen LogP contribution in [0, 0.1) is 5.92 Å². The van der Waals surface area contributed by atoms with Gasteiger partial charge in [-0.2, -0.15) is 8.99 Å². The maximum absolute atomic E-state index is 12.8. The van der Waals surface area contributed by atoms with E-state index in [1.54, 1.807) is 22.9 Å². The van der Waals surface area contributed by atoms with Gasteiger partial charge in [0.25, 0.3) is 0 Å². The number of nitrogens with zero attached hydrogens (tertiary/aromatic N) is 6. The minimum absolute atomic E-state index is 0.127. The molecule has 2 aromatic heterocycles. The summed E-state index contributed by atoms with van der Waals surface area (Å²) >= 11 is 1.42. The highest BCUT2D eigenvalue weighted by atomic mass is 32.2. The van der Waals surface area contributed by atoms with Crippen molar-refractivity contribution in [2.24, 2.45) is 5.92 Å². The van der Waals surface area contributed by atoms with Crippen molar-refractivity contribution in [3.8, 4) is 5.69 Å². The van der Waals surface area contributed by atoms with Crippen LogP contribution in [0.1, 0.15) is 12.8 Å². The number of sulfonamides is 1. The number of nitrogens with one attached hydrogen (secondary N) is 1. The molecule has 1 saturated heterocycles. The van der Waals surface area contributed by atoms with Gasteiger partial charge in [0, 0.05) is 37.1 Å². The van der Waals surface area contributed by atoms with Crippen molar-refractivity contribution in [1.82, 2.24) is 29.5 Å². The average Bonchev–Trinajstić information content (AvgIpc) is 3.29. The molecular weight excluding hydrogens is 438 g/mol. The maximum Gasteiger partial charge on any atom is 0.244 e. The van der Waals surface area contributed by atoms with Gasteiger partial charge in [0.2, 0.25) is 21.1 Å². The van der Waals surface area contributed by atoms with Gasteiger partial charge < -0.3 is 5.32 Å². The number of thioether (sulfide) groups is 1. The second-order valence-corrected chi connectivity index (χ2v) is 9.70. The molecule has 1 N–H and O–H groups in total. The highest BCUT2D eigenvalue weighted by Crippen LogP contribution is 2.25. The summed E-state index contributed by atoms with van der Waals surface area (Å²) in [5.74, 6) is -0.392. The highest BCUT2D eigenvalue weighted by Gasteiger charge is 2.32. The van der Waals surface area contributed by atoms with Crippen molar-refractivity contribution in [1.29, 1.82) is 0 Å². The van der Waals surface area contributed by atoms with E-state index in [1.165, 1.54) is 34.5 Å². The Morgan fingerprint density at radius 2 is 2.00 bits per heavy atom. The van der Waals surface area contributed by atoms with Crippen LogP contribution in [-0.4, -0.2) is 63.2 Å². The van der Waals surface area contributed by atoms with E-state index in [-0.39, 0.29) is 29.8 Å². The van der Waals surface area contributed by atoms with Crippen LogP contribution in [0.5, 0.6) is 0 Å². The molecule has 1 aliphatic heterocycles. The van der Waals surface area contributed by atoms with Gasteiger partial charge >= 0.3 is 0 Å². The van der Waals surface area contributed by atoms with E-state index in [1.807, 2.05) is 18.4 Å². The second kappa shape index (κ2) is 9.12. The maximum atomic E-state index is 12.8. The van der Waals surface area contributed by atoms with E-state index in [4.69, 9.17) is 0 Å². The number of pyridine rings is 1.